The number of anilines is 1. The van der Waals surface area contributed by atoms with Crippen molar-refractivity contribution in [2.75, 3.05) is 37.6 Å². The van der Waals surface area contributed by atoms with E-state index in [4.69, 9.17) is 27.3 Å². The lowest BCUT2D eigenvalue weighted by molar-refractivity contribution is -0.119. The van der Waals surface area contributed by atoms with Gasteiger partial charge in [-0.15, -0.1) is 0 Å². The van der Waals surface area contributed by atoms with Gasteiger partial charge in [-0.2, -0.15) is 0 Å². The third-order valence-electron chi connectivity index (χ3n) is 5.30. The average molecular weight is 386 g/mol. The molecule has 1 aliphatic carbocycles. The maximum absolute atomic E-state index is 11.2. The van der Waals surface area contributed by atoms with Gasteiger partial charge in [-0.3, -0.25) is 9.69 Å². The lowest BCUT2D eigenvalue weighted by Gasteiger charge is -2.36. The number of benzene rings is 1. The molecule has 1 aromatic heterocycles. The normalized spacial score (nSPS) is 17.6. The number of halogens is 1. The van der Waals surface area contributed by atoms with Gasteiger partial charge in [0.1, 0.15) is 5.82 Å². The van der Waals surface area contributed by atoms with E-state index >= 15 is 0 Å². The maximum Gasteiger partial charge on any atom is 0.231 e. The van der Waals surface area contributed by atoms with Crippen LogP contribution in [-0.4, -0.2) is 53.5 Å². The molecule has 6 nitrogen and oxygen atoms in total. The van der Waals surface area contributed by atoms with E-state index < -0.39 is 0 Å². The molecule has 1 saturated heterocycles. The van der Waals surface area contributed by atoms with Crippen LogP contribution < -0.4 is 10.6 Å². The third-order valence-corrected chi connectivity index (χ3v) is 5.53. The summed E-state index contributed by atoms with van der Waals surface area (Å²) in [6.07, 6.45) is 4.38. The number of piperazine rings is 1. The summed E-state index contributed by atoms with van der Waals surface area (Å²) in [5.74, 6) is 1.52. The number of aromatic nitrogens is 2. The summed E-state index contributed by atoms with van der Waals surface area (Å²) < 4.78 is 0. The molecule has 0 atom stereocenters. The molecule has 0 bridgehead atoms. The summed E-state index contributed by atoms with van der Waals surface area (Å²) in [5.41, 5.74) is 8.73. The Morgan fingerprint density at radius 2 is 1.89 bits per heavy atom. The maximum atomic E-state index is 11.2. The Labute approximate surface area is 164 Å². The predicted molar refractivity (Wildman–Crippen MR) is 107 cm³/mol. The minimum Gasteiger partial charge on any atom is -0.369 e. The number of carbonyl (C=O) groups is 1. The molecule has 2 aromatic rings. The van der Waals surface area contributed by atoms with E-state index in [9.17, 15) is 4.79 Å². The fraction of sp³-hybridized carbons (Fsp3) is 0.450. The van der Waals surface area contributed by atoms with Crippen molar-refractivity contribution in [3.63, 3.8) is 0 Å². The molecular formula is C20H24ClN5O. The van der Waals surface area contributed by atoms with E-state index in [0.717, 1.165) is 56.2 Å². The van der Waals surface area contributed by atoms with E-state index in [-0.39, 0.29) is 5.91 Å². The van der Waals surface area contributed by atoms with E-state index in [1.807, 2.05) is 24.3 Å². The van der Waals surface area contributed by atoms with E-state index in [1.165, 1.54) is 24.1 Å². The number of nitrogens with zero attached hydrogens (tertiary/aromatic N) is 4. The fourth-order valence-electron chi connectivity index (χ4n) is 3.93. The van der Waals surface area contributed by atoms with Crippen LogP contribution in [0.5, 0.6) is 0 Å². The highest BCUT2D eigenvalue weighted by molar-refractivity contribution is 6.30. The van der Waals surface area contributed by atoms with Gasteiger partial charge in [-0.25, -0.2) is 9.97 Å². The number of hydrogen-bond acceptors (Lipinski definition) is 5. The number of hydrogen-bond donors (Lipinski definition) is 1. The monoisotopic (exact) mass is 385 g/mol. The first-order chi connectivity index (χ1) is 13.1. The van der Waals surface area contributed by atoms with Crippen LogP contribution >= 0.6 is 11.6 Å². The molecule has 2 N–H and O–H groups in total. The minimum absolute atomic E-state index is 0.272. The average Bonchev–Trinajstić information content (AvgIpc) is 2.67. The number of fused-ring (bicyclic) bond motifs is 1. The number of aryl methyl sites for hydroxylation is 1. The Morgan fingerprint density at radius 3 is 2.63 bits per heavy atom. The smallest absolute Gasteiger partial charge is 0.231 e. The summed E-state index contributed by atoms with van der Waals surface area (Å²) in [4.78, 5) is 25.4. The molecule has 2 heterocycles. The van der Waals surface area contributed by atoms with Crippen molar-refractivity contribution in [3.05, 3.63) is 40.5 Å². The Kier molecular flexibility index (Phi) is 5.27. The zero-order valence-corrected chi connectivity index (χ0v) is 16.1. The molecule has 4 rings (SSSR count). The second kappa shape index (κ2) is 7.82. The van der Waals surface area contributed by atoms with E-state index in [0.29, 0.717) is 11.6 Å². The zero-order valence-electron chi connectivity index (χ0n) is 15.3. The highest BCUT2D eigenvalue weighted by Crippen LogP contribution is 2.31. The first kappa shape index (κ1) is 18.2. The highest BCUT2D eigenvalue weighted by atomic mass is 35.5. The molecule has 1 aromatic carbocycles. The number of rotatable bonds is 4. The highest BCUT2D eigenvalue weighted by Gasteiger charge is 2.25. The molecular weight excluding hydrogens is 362 g/mol. The van der Waals surface area contributed by atoms with Crippen LogP contribution in [-0.2, 0) is 17.6 Å². The molecule has 1 fully saturated rings. The molecule has 0 spiro atoms. The van der Waals surface area contributed by atoms with Gasteiger partial charge in [0.2, 0.25) is 5.91 Å². The first-order valence-electron chi connectivity index (χ1n) is 9.51. The van der Waals surface area contributed by atoms with Crippen molar-refractivity contribution < 1.29 is 4.79 Å². The summed E-state index contributed by atoms with van der Waals surface area (Å²) in [6.45, 7) is 3.63. The topological polar surface area (TPSA) is 75.4 Å². The molecule has 0 unspecified atom stereocenters. The Bertz CT molecular complexity index is 848. The van der Waals surface area contributed by atoms with Gasteiger partial charge in [-0.05, 0) is 37.8 Å². The molecule has 7 heteroatoms. The standard InChI is InChI=1S/C20H24ClN5O/c21-15-5-3-4-14(12-15)19-23-17-7-2-1-6-16(17)20(24-19)26-10-8-25(9-11-26)13-18(22)27/h3-5,12H,1-2,6-11,13H2,(H2,22,27). The van der Waals surface area contributed by atoms with E-state index in [1.54, 1.807) is 0 Å². The van der Waals surface area contributed by atoms with Gasteiger partial charge < -0.3 is 10.6 Å². The van der Waals surface area contributed by atoms with Crippen LogP contribution in [0.15, 0.2) is 24.3 Å². The van der Waals surface area contributed by atoms with Gasteiger partial charge in [0.05, 0.1) is 6.54 Å². The molecule has 1 amide bonds. The van der Waals surface area contributed by atoms with Crippen LogP contribution in [0.3, 0.4) is 0 Å². The fourth-order valence-corrected chi connectivity index (χ4v) is 4.12. The van der Waals surface area contributed by atoms with Gasteiger partial charge in [0.15, 0.2) is 5.82 Å². The van der Waals surface area contributed by atoms with E-state index in [2.05, 4.69) is 9.80 Å². The SMILES string of the molecule is NC(=O)CN1CCN(c2nc(-c3cccc(Cl)c3)nc3c2CCCC3)CC1. The largest absolute Gasteiger partial charge is 0.369 e. The minimum atomic E-state index is -0.272. The summed E-state index contributed by atoms with van der Waals surface area (Å²) in [6, 6.07) is 7.72. The molecule has 0 radical (unpaired) electrons. The third kappa shape index (κ3) is 4.06. The summed E-state index contributed by atoms with van der Waals surface area (Å²) >= 11 is 6.17. The van der Waals surface area contributed by atoms with Crippen molar-refractivity contribution in [1.82, 2.24) is 14.9 Å². The molecule has 142 valence electrons. The Balaban J connectivity index is 1.65. The second-order valence-electron chi connectivity index (χ2n) is 7.24. The Morgan fingerprint density at radius 1 is 1.11 bits per heavy atom. The molecule has 27 heavy (non-hydrogen) atoms. The zero-order chi connectivity index (χ0) is 18.8. The van der Waals surface area contributed by atoms with Crippen molar-refractivity contribution in [2.45, 2.75) is 25.7 Å². The number of nitrogens with two attached hydrogens (primary N) is 1. The summed E-state index contributed by atoms with van der Waals surface area (Å²) in [5, 5.41) is 0.690. The second-order valence-corrected chi connectivity index (χ2v) is 7.68. The van der Waals surface area contributed by atoms with Gasteiger partial charge in [0.25, 0.3) is 0 Å². The molecule has 2 aliphatic rings. The van der Waals surface area contributed by atoms with Gasteiger partial charge in [-0.1, -0.05) is 23.7 Å². The lowest BCUT2D eigenvalue weighted by Crippen LogP contribution is -2.49. The van der Waals surface area contributed by atoms with Crippen LogP contribution in [0, 0.1) is 0 Å². The van der Waals surface area contributed by atoms with Gasteiger partial charge in [0, 0.05) is 48.0 Å². The lowest BCUT2D eigenvalue weighted by atomic mass is 9.95. The summed E-state index contributed by atoms with van der Waals surface area (Å²) in [7, 11) is 0. The van der Waals surface area contributed by atoms with Crippen LogP contribution in [0.1, 0.15) is 24.1 Å². The number of carbonyl (C=O) groups excluding carboxylic acids is 1. The predicted octanol–water partition coefficient (Wildman–Crippen LogP) is 2.28. The van der Waals surface area contributed by atoms with Crippen molar-refractivity contribution in [1.29, 1.82) is 0 Å². The number of primary amides is 1. The molecule has 1 aliphatic heterocycles. The molecule has 0 saturated carbocycles. The van der Waals surface area contributed by atoms with Crippen LogP contribution in [0.2, 0.25) is 5.02 Å². The van der Waals surface area contributed by atoms with Crippen molar-refractivity contribution in [3.8, 4) is 11.4 Å². The van der Waals surface area contributed by atoms with Crippen molar-refractivity contribution in [2.24, 2.45) is 5.73 Å². The van der Waals surface area contributed by atoms with Gasteiger partial charge >= 0.3 is 0 Å². The quantitative estimate of drug-likeness (QED) is 0.873. The first-order valence-corrected chi connectivity index (χ1v) is 9.89. The van der Waals surface area contributed by atoms with Crippen LogP contribution in [0.25, 0.3) is 11.4 Å². The van der Waals surface area contributed by atoms with Crippen molar-refractivity contribution >= 4 is 23.3 Å². The Hall–Kier alpha value is -2.18. The number of amides is 1. The van der Waals surface area contributed by atoms with Crippen LogP contribution in [0.4, 0.5) is 5.82 Å².